The summed E-state index contributed by atoms with van der Waals surface area (Å²) >= 11 is 0. The zero-order valence-corrected chi connectivity index (χ0v) is 11.4. The highest BCUT2D eigenvalue weighted by molar-refractivity contribution is 8.93. The molecule has 3 N–H and O–H groups in total. The highest BCUT2D eigenvalue weighted by atomic mass is 79.9. The molecule has 2 atom stereocenters. The molecule has 1 fully saturated rings. The van der Waals surface area contributed by atoms with E-state index in [0.717, 1.165) is 36.9 Å². The van der Waals surface area contributed by atoms with Crippen molar-refractivity contribution in [1.29, 1.82) is 0 Å². The third kappa shape index (κ3) is 2.16. The number of fused-ring (bicyclic) bond motifs is 3. The summed E-state index contributed by atoms with van der Waals surface area (Å²) in [4.78, 5) is 0. The lowest BCUT2D eigenvalue weighted by atomic mass is 9.75. The molecule has 1 aliphatic carbocycles. The van der Waals surface area contributed by atoms with Crippen LogP contribution in [-0.4, -0.2) is 22.8 Å². The number of aromatic hydroxyl groups is 2. The van der Waals surface area contributed by atoms with Gasteiger partial charge >= 0.3 is 0 Å². The Morgan fingerprint density at radius 3 is 2.82 bits per heavy atom. The molecule has 0 saturated carbocycles. The SMILES string of the molecule is Br.Oc1cc(O)c2c(c1)[C@@H]1CCCN[C@H]1CC2. The number of phenols is 2. The molecule has 4 heteroatoms. The summed E-state index contributed by atoms with van der Waals surface area (Å²) in [6.07, 6.45) is 4.34. The average Bonchev–Trinajstić information content (AvgIpc) is 2.28. The number of phenolic OH excluding ortho intramolecular Hbond substituents is 2. The zero-order chi connectivity index (χ0) is 11.1. The molecule has 3 rings (SSSR count). The fourth-order valence-electron chi connectivity index (χ4n) is 3.19. The van der Waals surface area contributed by atoms with Crippen molar-refractivity contribution >= 4 is 17.0 Å². The van der Waals surface area contributed by atoms with Crippen molar-refractivity contribution in [3.63, 3.8) is 0 Å². The van der Waals surface area contributed by atoms with Crippen molar-refractivity contribution < 1.29 is 10.2 Å². The molecule has 3 nitrogen and oxygen atoms in total. The van der Waals surface area contributed by atoms with E-state index in [2.05, 4.69) is 5.32 Å². The first-order chi connectivity index (χ1) is 7.75. The first-order valence-electron chi connectivity index (χ1n) is 6.04. The lowest BCUT2D eigenvalue weighted by Gasteiger charge is -2.38. The molecular formula is C13H18BrNO2. The largest absolute Gasteiger partial charge is 0.508 e. The van der Waals surface area contributed by atoms with Crippen molar-refractivity contribution in [3.05, 3.63) is 23.3 Å². The minimum Gasteiger partial charge on any atom is -0.508 e. The van der Waals surface area contributed by atoms with E-state index in [0.29, 0.717) is 12.0 Å². The maximum absolute atomic E-state index is 9.85. The van der Waals surface area contributed by atoms with Crippen molar-refractivity contribution in [2.45, 2.75) is 37.6 Å². The Balaban J connectivity index is 0.00000108. The minimum atomic E-state index is 0. The van der Waals surface area contributed by atoms with E-state index in [-0.39, 0.29) is 28.5 Å². The second-order valence-corrected chi connectivity index (χ2v) is 4.88. The van der Waals surface area contributed by atoms with Gasteiger partial charge in [0.25, 0.3) is 0 Å². The standard InChI is InChI=1S/C13H17NO2.BrH/c15-8-6-11-9-2-1-5-14-12(9)4-3-10(11)13(16)7-8;/h6-7,9,12,14-16H,1-5H2;1H/t9-,12-;/m0./s1. The lowest BCUT2D eigenvalue weighted by molar-refractivity contribution is 0.314. The Bertz CT molecular complexity index is 422. The first kappa shape index (κ1) is 12.7. The van der Waals surface area contributed by atoms with Crippen LogP contribution in [0.15, 0.2) is 12.1 Å². The minimum absolute atomic E-state index is 0. The molecule has 1 aliphatic heterocycles. The lowest BCUT2D eigenvalue weighted by Crippen LogP contribution is -2.42. The predicted molar refractivity (Wildman–Crippen MR) is 72.2 cm³/mol. The summed E-state index contributed by atoms with van der Waals surface area (Å²) in [6.45, 7) is 1.10. The van der Waals surface area contributed by atoms with Crippen LogP contribution in [0.4, 0.5) is 0 Å². The Kier molecular flexibility index (Phi) is 3.64. The van der Waals surface area contributed by atoms with Crippen LogP contribution in [0.5, 0.6) is 11.5 Å². The number of benzene rings is 1. The van der Waals surface area contributed by atoms with Gasteiger partial charge in [0.1, 0.15) is 11.5 Å². The van der Waals surface area contributed by atoms with Crippen LogP contribution in [0.1, 0.15) is 36.3 Å². The molecule has 0 amide bonds. The molecule has 0 unspecified atom stereocenters. The van der Waals surface area contributed by atoms with Crippen LogP contribution in [0.25, 0.3) is 0 Å². The number of hydrogen-bond donors (Lipinski definition) is 3. The molecule has 94 valence electrons. The number of piperidine rings is 1. The van der Waals surface area contributed by atoms with Gasteiger partial charge in [0.05, 0.1) is 0 Å². The van der Waals surface area contributed by atoms with E-state index < -0.39 is 0 Å². The van der Waals surface area contributed by atoms with Gasteiger partial charge in [-0.1, -0.05) is 0 Å². The van der Waals surface area contributed by atoms with Crippen LogP contribution in [0.3, 0.4) is 0 Å². The van der Waals surface area contributed by atoms with Crippen molar-refractivity contribution in [2.24, 2.45) is 0 Å². The summed E-state index contributed by atoms with van der Waals surface area (Å²) in [5, 5.41) is 23.0. The smallest absolute Gasteiger partial charge is 0.122 e. The number of hydrogen-bond acceptors (Lipinski definition) is 3. The molecular weight excluding hydrogens is 282 g/mol. The van der Waals surface area contributed by atoms with Crippen LogP contribution in [-0.2, 0) is 6.42 Å². The van der Waals surface area contributed by atoms with Crippen LogP contribution in [0.2, 0.25) is 0 Å². The maximum atomic E-state index is 9.85. The van der Waals surface area contributed by atoms with Gasteiger partial charge in [0, 0.05) is 12.1 Å². The molecule has 1 aromatic carbocycles. The van der Waals surface area contributed by atoms with Crippen molar-refractivity contribution in [2.75, 3.05) is 6.54 Å². The van der Waals surface area contributed by atoms with Gasteiger partial charge in [0.2, 0.25) is 0 Å². The fourth-order valence-corrected chi connectivity index (χ4v) is 3.19. The van der Waals surface area contributed by atoms with Gasteiger partial charge in [-0.15, -0.1) is 17.0 Å². The van der Waals surface area contributed by atoms with E-state index in [9.17, 15) is 10.2 Å². The summed E-state index contributed by atoms with van der Waals surface area (Å²) in [5.74, 6) is 0.914. The van der Waals surface area contributed by atoms with Crippen molar-refractivity contribution in [3.8, 4) is 11.5 Å². The maximum Gasteiger partial charge on any atom is 0.122 e. The summed E-state index contributed by atoms with van der Waals surface area (Å²) in [5.41, 5.74) is 2.20. The Morgan fingerprint density at radius 2 is 2.00 bits per heavy atom. The Hall–Kier alpha value is -0.740. The van der Waals surface area contributed by atoms with Crippen molar-refractivity contribution in [1.82, 2.24) is 5.32 Å². The van der Waals surface area contributed by atoms with Gasteiger partial charge in [-0.2, -0.15) is 0 Å². The van der Waals surface area contributed by atoms with Crippen LogP contribution < -0.4 is 5.32 Å². The molecule has 1 aromatic rings. The quantitative estimate of drug-likeness (QED) is 0.690. The third-order valence-electron chi connectivity index (χ3n) is 3.93. The first-order valence-corrected chi connectivity index (χ1v) is 6.04. The Morgan fingerprint density at radius 1 is 1.18 bits per heavy atom. The van der Waals surface area contributed by atoms with E-state index >= 15 is 0 Å². The normalized spacial score (nSPS) is 26.6. The van der Waals surface area contributed by atoms with Gasteiger partial charge in [-0.25, -0.2) is 0 Å². The van der Waals surface area contributed by atoms with Gasteiger partial charge < -0.3 is 15.5 Å². The molecule has 0 bridgehead atoms. The highest BCUT2D eigenvalue weighted by Gasteiger charge is 2.32. The fraction of sp³-hybridized carbons (Fsp3) is 0.538. The van der Waals surface area contributed by atoms with E-state index in [4.69, 9.17) is 0 Å². The summed E-state index contributed by atoms with van der Waals surface area (Å²) < 4.78 is 0. The second kappa shape index (κ2) is 4.86. The molecule has 0 radical (unpaired) electrons. The number of halogens is 1. The predicted octanol–water partition coefficient (Wildman–Crippen LogP) is 2.46. The van der Waals surface area contributed by atoms with E-state index in [1.807, 2.05) is 6.07 Å². The molecule has 0 aromatic heterocycles. The monoisotopic (exact) mass is 299 g/mol. The van der Waals surface area contributed by atoms with E-state index in [1.165, 1.54) is 12.5 Å². The molecule has 17 heavy (non-hydrogen) atoms. The zero-order valence-electron chi connectivity index (χ0n) is 9.65. The molecule has 1 heterocycles. The number of nitrogens with one attached hydrogen (secondary N) is 1. The number of rotatable bonds is 0. The highest BCUT2D eigenvalue weighted by Crippen LogP contribution is 2.42. The third-order valence-corrected chi connectivity index (χ3v) is 3.93. The summed E-state index contributed by atoms with van der Waals surface area (Å²) in [6, 6.07) is 3.82. The Labute approximate surface area is 112 Å². The molecule has 0 spiro atoms. The van der Waals surface area contributed by atoms with E-state index in [1.54, 1.807) is 0 Å². The van der Waals surface area contributed by atoms with Crippen LogP contribution >= 0.6 is 17.0 Å². The second-order valence-electron chi connectivity index (χ2n) is 4.88. The summed E-state index contributed by atoms with van der Waals surface area (Å²) in [7, 11) is 0. The molecule has 2 aliphatic rings. The van der Waals surface area contributed by atoms with Gasteiger partial charge in [0.15, 0.2) is 0 Å². The van der Waals surface area contributed by atoms with Gasteiger partial charge in [-0.05, 0) is 55.3 Å². The van der Waals surface area contributed by atoms with Crippen LogP contribution in [0, 0.1) is 0 Å². The average molecular weight is 300 g/mol. The topological polar surface area (TPSA) is 52.5 Å². The molecule has 1 saturated heterocycles. The van der Waals surface area contributed by atoms with Gasteiger partial charge in [-0.3, -0.25) is 0 Å².